The average molecular weight is 392 g/mol. The molecule has 0 unspecified atom stereocenters. The molecule has 0 spiro atoms. The predicted octanol–water partition coefficient (Wildman–Crippen LogP) is 2.21. The van der Waals surface area contributed by atoms with E-state index < -0.39 is 18.5 Å². The highest BCUT2D eigenvalue weighted by atomic mass is 35.5. The zero-order chi connectivity index (χ0) is 19.6. The van der Waals surface area contributed by atoms with Gasteiger partial charge in [0.05, 0.1) is 0 Å². The largest absolute Gasteiger partial charge is 0.451 e. The molecule has 0 aliphatic heterocycles. The van der Waals surface area contributed by atoms with Gasteiger partial charge >= 0.3 is 5.97 Å². The fourth-order valence-corrected chi connectivity index (χ4v) is 2.41. The Morgan fingerprint density at radius 1 is 1.19 bits per heavy atom. The Balaban J connectivity index is 1.78. The Labute approximate surface area is 162 Å². The molecule has 1 amide bonds. The van der Waals surface area contributed by atoms with Gasteiger partial charge in [-0.15, -0.1) is 0 Å². The van der Waals surface area contributed by atoms with Crippen molar-refractivity contribution >= 4 is 23.5 Å². The molecule has 8 heteroatoms. The van der Waals surface area contributed by atoms with Crippen LogP contribution >= 0.6 is 11.6 Å². The van der Waals surface area contributed by atoms with Crippen LogP contribution in [0.3, 0.4) is 0 Å². The summed E-state index contributed by atoms with van der Waals surface area (Å²) in [5.74, 6) is -1.15. The number of amides is 1. The first-order valence-electron chi connectivity index (χ1n) is 8.76. The lowest BCUT2D eigenvalue weighted by atomic mass is 10.1. The van der Waals surface area contributed by atoms with Crippen molar-refractivity contribution in [2.75, 3.05) is 13.2 Å². The third-order valence-electron chi connectivity index (χ3n) is 3.78. The third kappa shape index (κ3) is 6.86. The molecular weight excluding hydrogens is 370 g/mol. The van der Waals surface area contributed by atoms with Crippen LogP contribution in [0.1, 0.15) is 35.8 Å². The molecule has 0 bridgehead atoms. The molecule has 0 aliphatic carbocycles. The second kappa shape index (κ2) is 10.5. The molecule has 0 saturated carbocycles. The summed E-state index contributed by atoms with van der Waals surface area (Å²) < 4.78 is 6.19. The van der Waals surface area contributed by atoms with Gasteiger partial charge in [0.2, 0.25) is 0 Å². The van der Waals surface area contributed by atoms with Crippen molar-refractivity contribution in [1.82, 2.24) is 15.1 Å². The highest BCUT2D eigenvalue weighted by molar-refractivity contribution is 6.30. The van der Waals surface area contributed by atoms with Crippen LogP contribution in [0.5, 0.6) is 0 Å². The number of aromatic nitrogens is 2. The first-order valence-corrected chi connectivity index (χ1v) is 9.14. The molecule has 7 nitrogen and oxygen atoms in total. The molecule has 0 radical (unpaired) electrons. The Hall–Kier alpha value is -2.67. The van der Waals surface area contributed by atoms with E-state index >= 15 is 0 Å². The van der Waals surface area contributed by atoms with Gasteiger partial charge in [-0.05, 0) is 36.6 Å². The molecule has 1 aromatic heterocycles. The van der Waals surface area contributed by atoms with Crippen LogP contribution in [0.2, 0.25) is 5.02 Å². The standard InChI is InChI=1S/C19H22ClN3O4/c1-2-3-12-23-18(25)9-8-16(22-23)19(26)27-13-17(24)21-11-10-14-4-6-15(20)7-5-14/h4-9H,2-3,10-13H2,1H3,(H,21,24). The van der Waals surface area contributed by atoms with Crippen molar-refractivity contribution in [2.24, 2.45) is 0 Å². The van der Waals surface area contributed by atoms with Crippen LogP contribution < -0.4 is 10.9 Å². The molecular formula is C19H22ClN3O4. The first-order chi connectivity index (χ1) is 13.0. The highest BCUT2D eigenvalue weighted by Gasteiger charge is 2.13. The van der Waals surface area contributed by atoms with Crippen molar-refractivity contribution in [3.8, 4) is 0 Å². The Morgan fingerprint density at radius 3 is 2.63 bits per heavy atom. The van der Waals surface area contributed by atoms with E-state index in [1.165, 1.54) is 16.8 Å². The van der Waals surface area contributed by atoms with E-state index in [2.05, 4.69) is 10.4 Å². The van der Waals surface area contributed by atoms with Crippen molar-refractivity contribution in [3.63, 3.8) is 0 Å². The fraction of sp³-hybridized carbons (Fsp3) is 0.368. The number of esters is 1. The van der Waals surface area contributed by atoms with Crippen LogP contribution in [0.4, 0.5) is 0 Å². The SMILES string of the molecule is CCCCn1nc(C(=O)OCC(=O)NCCc2ccc(Cl)cc2)ccc1=O. The van der Waals surface area contributed by atoms with E-state index in [9.17, 15) is 14.4 Å². The molecule has 144 valence electrons. The average Bonchev–Trinajstić information content (AvgIpc) is 2.67. The molecule has 2 rings (SSSR count). The zero-order valence-corrected chi connectivity index (χ0v) is 15.9. The van der Waals surface area contributed by atoms with Gasteiger partial charge in [-0.2, -0.15) is 5.10 Å². The second-order valence-electron chi connectivity index (χ2n) is 5.94. The smallest absolute Gasteiger partial charge is 0.359 e. The molecule has 0 saturated heterocycles. The fourth-order valence-electron chi connectivity index (χ4n) is 2.28. The minimum atomic E-state index is -0.743. The van der Waals surface area contributed by atoms with Crippen LogP contribution in [0.15, 0.2) is 41.2 Å². The minimum absolute atomic E-state index is 0.000308. The van der Waals surface area contributed by atoms with Gasteiger partial charge in [-0.3, -0.25) is 9.59 Å². The van der Waals surface area contributed by atoms with Crippen molar-refractivity contribution in [3.05, 3.63) is 63.0 Å². The summed E-state index contributed by atoms with van der Waals surface area (Å²) in [6, 6.07) is 9.90. The van der Waals surface area contributed by atoms with Crippen molar-refractivity contribution < 1.29 is 14.3 Å². The van der Waals surface area contributed by atoms with Gasteiger partial charge in [0, 0.05) is 24.2 Å². The highest BCUT2D eigenvalue weighted by Crippen LogP contribution is 2.09. The molecule has 1 N–H and O–H groups in total. The lowest BCUT2D eigenvalue weighted by Crippen LogP contribution is -2.31. The molecule has 1 heterocycles. The molecule has 0 atom stereocenters. The quantitative estimate of drug-likeness (QED) is 0.662. The molecule has 27 heavy (non-hydrogen) atoms. The zero-order valence-electron chi connectivity index (χ0n) is 15.1. The van der Waals surface area contributed by atoms with Gasteiger partial charge in [-0.25, -0.2) is 9.48 Å². The lowest BCUT2D eigenvalue weighted by Gasteiger charge is -2.08. The number of carbonyl (C=O) groups is 2. The summed E-state index contributed by atoms with van der Waals surface area (Å²) in [7, 11) is 0. The first kappa shape index (κ1) is 20.6. The number of carbonyl (C=O) groups excluding carboxylic acids is 2. The van der Waals surface area contributed by atoms with E-state index in [1.54, 1.807) is 12.1 Å². The third-order valence-corrected chi connectivity index (χ3v) is 4.03. The Morgan fingerprint density at radius 2 is 1.93 bits per heavy atom. The van der Waals surface area contributed by atoms with Crippen LogP contribution in [-0.2, 0) is 22.5 Å². The molecule has 1 aromatic carbocycles. The number of halogens is 1. The number of hydrogen-bond donors (Lipinski definition) is 1. The maximum absolute atomic E-state index is 12.0. The number of nitrogens with one attached hydrogen (secondary N) is 1. The molecule has 2 aromatic rings. The van der Waals surface area contributed by atoms with Crippen LogP contribution in [-0.4, -0.2) is 34.8 Å². The van der Waals surface area contributed by atoms with Gasteiger partial charge in [-0.1, -0.05) is 37.1 Å². The van der Waals surface area contributed by atoms with E-state index in [4.69, 9.17) is 16.3 Å². The summed E-state index contributed by atoms with van der Waals surface area (Å²) in [6.07, 6.45) is 2.32. The summed E-state index contributed by atoms with van der Waals surface area (Å²) in [6.45, 7) is 2.43. The normalized spacial score (nSPS) is 10.4. The predicted molar refractivity (Wildman–Crippen MR) is 102 cm³/mol. The van der Waals surface area contributed by atoms with E-state index in [0.717, 1.165) is 18.4 Å². The van der Waals surface area contributed by atoms with Gasteiger partial charge in [0.25, 0.3) is 11.5 Å². The summed E-state index contributed by atoms with van der Waals surface area (Å²) in [4.78, 5) is 35.5. The maximum Gasteiger partial charge on any atom is 0.359 e. The van der Waals surface area contributed by atoms with E-state index in [-0.39, 0.29) is 11.3 Å². The maximum atomic E-state index is 12.0. The number of ether oxygens (including phenoxy) is 1. The van der Waals surface area contributed by atoms with Crippen LogP contribution in [0.25, 0.3) is 0 Å². The second-order valence-corrected chi connectivity index (χ2v) is 6.37. The number of nitrogens with zero attached hydrogens (tertiary/aromatic N) is 2. The molecule has 0 aliphatic rings. The Kier molecular flexibility index (Phi) is 8.00. The number of benzene rings is 1. The minimum Gasteiger partial charge on any atom is -0.451 e. The molecule has 0 fully saturated rings. The van der Waals surface area contributed by atoms with E-state index in [1.807, 2.05) is 19.1 Å². The number of unbranched alkanes of at least 4 members (excludes halogenated alkanes) is 1. The number of rotatable bonds is 9. The Bertz CT molecular complexity index is 834. The van der Waals surface area contributed by atoms with Crippen molar-refractivity contribution in [2.45, 2.75) is 32.7 Å². The summed E-state index contributed by atoms with van der Waals surface area (Å²) in [5, 5.41) is 7.32. The summed E-state index contributed by atoms with van der Waals surface area (Å²) in [5.41, 5.74) is 0.759. The number of hydrogen-bond acceptors (Lipinski definition) is 5. The van der Waals surface area contributed by atoms with Crippen LogP contribution in [0, 0.1) is 0 Å². The van der Waals surface area contributed by atoms with Gasteiger partial charge < -0.3 is 10.1 Å². The lowest BCUT2D eigenvalue weighted by molar-refractivity contribution is -0.124. The summed E-state index contributed by atoms with van der Waals surface area (Å²) >= 11 is 5.82. The van der Waals surface area contributed by atoms with Gasteiger partial charge in [0.15, 0.2) is 12.3 Å². The topological polar surface area (TPSA) is 90.3 Å². The van der Waals surface area contributed by atoms with Crippen molar-refractivity contribution in [1.29, 1.82) is 0 Å². The van der Waals surface area contributed by atoms with E-state index in [0.29, 0.717) is 24.5 Å². The number of aryl methyl sites for hydroxylation is 1. The van der Waals surface area contributed by atoms with Gasteiger partial charge in [0.1, 0.15) is 0 Å². The monoisotopic (exact) mass is 391 g/mol.